The maximum absolute atomic E-state index is 6.12. The second-order valence-electron chi connectivity index (χ2n) is 4.07. The Morgan fingerprint density at radius 2 is 2.19 bits per heavy atom. The predicted octanol–water partition coefficient (Wildman–Crippen LogP) is 1.92. The number of thioether (sulfide) groups is 1. The highest BCUT2D eigenvalue weighted by atomic mass is 32.2. The van der Waals surface area contributed by atoms with E-state index in [2.05, 4.69) is 10.1 Å². The summed E-state index contributed by atoms with van der Waals surface area (Å²) in [6.45, 7) is 0. The first-order chi connectivity index (χ1) is 7.86. The summed E-state index contributed by atoms with van der Waals surface area (Å²) >= 11 is 2.02. The number of rotatable bonds is 1. The summed E-state index contributed by atoms with van der Waals surface area (Å²) < 4.78 is 1.78. The van der Waals surface area contributed by atoms with Crippen LogP contribution in [0.2, 0.25) is 0 Å². The smallest absolute Gasteiger partial charge is 0.178 e. The van der Waals surface area contributed by atoms with Crippen LogP contribution in [0.25, 0.3) is 5.65 Å². The van der Waals surface area contributed by atoms with Gasteiger partial charge < -0.3 is 5.73 Å². The third-order valence-electron chi connectivity index (χ3n) is 3.07. The van der Waals surface area contributed by atoms with Crippen LogP contribution in [-0.2, 0) is 0 Å². The van der Waals surface area contributed by atoms with Gasteiger partial charge in [0, 0.05) is 18.3 Å². The standard InChI is InChI=1S/C11H14N4S/c12-9-10(8-2-6-16-7-3-8)14-15-5-1-4-13-11(9)15/h1,4-5,8H,2-3,6-7,12H2. The van der Waals surface area contributed by atoms with E-state index in [4.69, 9.17) is 5.73 Å². The van der Waals surface area contributed by atoms with Gasteiger partial charge in [0.1, 0.15) is 5.69 Å². The van der Waals surface area contributed by atoms with E-state index in [1.54, 1.807) is 10.7 Å². The molecule has 5 heteroatoms. The second kappa shape index (κ2) is 3.97. The van der Waals surface area contributed by atoms with Crippen LogP contribution in [0.1, 0.15) is 24.5 Å². The molecule has 0 saturated carbocycles. The highest BCUT2D eigenvalue weighted by Gasteiger charge is 2.22. The van der Waals surface area contributed by atoms with Gasteiger partial charge in [-0.25, -0.2) is 9.50 Å². The average molecular weight is 234 g/mol. The molecule has 0 unspecified atom stereocenters. The zero-order valence-electron chi connectivity index (χ0n) is 8.97. The van der Waals surface area contributed by atoms with Crippen LogP contribution >= 0.6 is 11.8 Å². The molecule has 0 amide bonds. The molecule has 2 N–H and O–H groups in total. The number of hydrogen-bond acceptors (Lipinski definition) is 4. The average Bonchev–Trinajstić information content (AvgIpc) is 2.69. The van der Waals surface area contributed by atoms with Gasteiger partial charge in [-0.3, -0.25) is 0 Å². The Morgan fingerprint density at radius 3 is 2.94 bits per heavy atom. The number of anilines is 1. The largest absolute Gasteiger partial charge is 0.394 e. The summed E-state index contributed by atoms with van der Waals surface area (Å²) in [5.74, 6) is 2.94. The van der Waals surface area contributed by atoms with Crippen molar-refractivity contribution in [3.8, 4) is 0 Å². The third-order valence-corrected chi connectivity index (χ3v) is 4.12. The zero-order chi connectivity index (χ0) is 11.0. The second-order valence-corrected chi connectivity index (χ2v) is 5.30. The number of hydrogen-bond donors (Lipinski definition) is 1. The molecule has 0 radical (unpaired) electrons. The van der Waals surface area contributed by atoms with Crippen LogP contribution in [-0.4, -0.2) is 26.1 Å². The van der Waals surface area contributed by atoms with Crippen molar-refractivity contribution < 1.29 is 0 Å². The molecule has 1 aliphatic rings. The highest BCUT2D eigenvalue weighted by molar-refractivity contribution is 7.99. The molecule has 0 bridgehead atoms. The molecule has 1 saturated heterocycles. The summed E-state index contributed by atoms with van der Waals surface area (Å²) in [5.41, 5.74) is 8.71. The van der Waals surface area contributed by atoms with Gasteiger partial charge in [0.05, 0.1) is 5.69 Å². The molecule has 0 aliphatic carbocycles. The molecule has 2 aromatic rings. The number of fused-ring (bicyclic) bond motifs is 1. The predicted molar refractivity (Wildman–Crippen MR) is 66.7 cm³/mol. The number of nitrogens with zero attached hydrogens (tertiary/aromatic N) is 3. The van der Waals surface area contributed by atoms with Crippen molar-refractivity contribution in [2.75, 3.05) is 17.2 Å². The molecule has 16 heavy (non-hydrogen) atoms. The zero-order valence-corrected chi connectivity index (χ0v) is 9.78. The monoisotopic (exact) mass is 234 g/mol. The van der Waals surface area contributed by atoms with Crippen molar-refractivity contribution in [1.29, 1.82) is 0 Å². The lowest BCUT2D eigenvalue weighted by molar-refractivity contribution is 0.614. The molecule has 1 fully saturated rings. The Balaban J connectivity index is 2.05. The van der Waals surface area contributed by atoms with Gasteiger partial charge >= 0.3 is 0 Å². The van der Waals surface area contributed by atoms with Crippen molar-refractivity contribution >= 4 is 23.1 Å². The van der Waals surface area contributed by atoms with E-state index in [1.165, 1.54) is 24.3 Å². The molecule has 4 nitrogen and oxygen atoms in total. The van der Waals surface area contributed by atoms with E-state index in [0.717, 1.165) is 17.0 Å². The van der Waals surface area contributed by atoms with E-state index >= 15 is 0 Å². The summed E-state index contributed by atoms with van der Waals surface area (Å²) in [7, 11) is 0. The van der Waals surface area contributed by atoms with Crippen molar-refractivity contribution in [2.24, 2.45) is 0 Å². The molecule has 0 atom stereocenters. The van der Waals surface area contributed by atoms with Gasteiger partial charge in [-0.1, -0.05) is 0 Å². The third kappa shape index (κ3) is 1.55. The molecular formula is C11H14N4S. The number of nitrogen functional groups attached to an aromatic ring is 1. The van der Waals surface area contributed by atoms with E-state index in [9.17, 15) is 0 Å². The first-order valence-electron chi connectivity index (χ1n) is 5.53. The van der Waals surface area contributed by atoms with Crippen LogP contribution in [0.4, 0.5) is 5.69 Å². The van der Waals surface area contributed by atoms with Crippen LogP contribution in [0.3, 0.4) is 0 Å². The molecule has 1 aliphatic heterocycles. The van der Waals surface area contributed by atoms with Crippen molar-refractivity contribution in [3.05, 3.63) is 24.2 Å². The topological polar surface area (TPSA) is 56.2 Å². The first kappa shape index (κ1) is 9.96. The van der Waals surface area contributed by atoms with E-state index in [1.807, 2.05) is 24.0 Å². The summed E-state index contributed by atoms with van der Waals surface area (Å²) in [4.78, 5) is 4.27. The Morgan fingerprint density at radius 1 is 1.38 bits per heavy atom. The van der Waals surface area contributed by atoms with Gasteiger partial charge in [-0.15, -0.1) is 0 Å². The lowest BCUT2D eigenvalue weighted by atomic mass is 9.98. The fraction of sp³-hybridized carbons (Fsp3) is 0.455. The van der Waals surface area contributed by atoms with Crippen LogP contribution in [0.15, 0.2) is 18.5 Å². The first-order valence-corrected chi connectivity index (χ1v) is 6.68. The summed E-state index contributed by atoms with van der Waals surface area (Å²) in [5, 5.41) is 4.56. The Labute approximate surface area is 98.2 Å². The molecule has 2 aromatic heterocycles. The van der Waals surface area contributed by atoms with Crippen LogP contribution in [0, 0.1) is 0 Å². The molecule has 3 rings (SSSR count). The van der Waals surface area contributed by atoms with E-state index in [0.29, 0.717) is 5.92 Å². The van der Waals surface area contributed by atoms with E-state index < -0.39 is 0 Å². The Bertz CT molecular complexity index is 502. The Hall–Kier alpha value is -1.23. The minimum Gasteiger partial charge on any atom is -0.394 e. The Kier molecular flexibility index (Phi) is 2.47. The van der Waals surface area contributed by atoms with Crippen LogP contribution in [0.5, 0.6) is 0 Å². The van der Waals surface area contributed by atoms with Gasteiger partial charge in [0.15, 0.2) is 5.65 Å². The van der Waals surface area contributed by atoms with Gasteiger partial charge in [0.25, 0.3) is 0 Å². The maximum atomic E-state index is 6.12. The molecule has 3 heterocycles. The fourth-order valence-corrected chi connectivity index (χ4v) is 3.30. The lowest BCUT2D eigenvalue weighted by Crippen LogP contribution is -2.10. The van der Waals surface area contributed by atoms with Crippen molar-refractivity contribution in [1.82, 2.24) is 14.6 Å². The van der Waals surface area contributed by atoms with Crippen molar-refractivity contribution in [3.63, 3.8) is 0 Å². The summed E-state index contributed by atoms with van der Waals surface area (Å²) in [6, 6.07) is 1.87. The van der Waals surface area contributed by atoms with Gasteiger partial charge in [0.2, 0.25) is 0 Å². The lowest BCUT2D eigenvalue weighted by Gasteiger charge is -2.19. The highest BCUT2D eigenvalue weighted by Crippen LogP contribution is 2.34. The summed E-state index contributed by atoms with van der Waals surface area (Å²) in [6.07, 6.45) is 6.02. The quantitative estimate of drug-likeness (QED) is 0.819. The normalized spacial score (nSPS) is 18.0. The molecule has 84 valence electrons. The number of aromatic nitrogens is 3. The SMILES string of the molecule is Nc1c(C2CCSCC2)nn2cccnc12. The molecular weight excluding hydrogens is 220 g/mol. The van der Waals surface area contributed by atoms with Crippen LogP contribution < -0.4 is 5.73 Å². The minimum absolute atomic E-state index is 0.517. The van der Waals surface area contributed by atoms with Crippen molar-refractivity contribution in [2.45, 2.75) is 18.8 Å². The maximum Gasteiger partial charge on any atom is 0.178 e. The minimum atomic E-state index is 0.517. The fourth-order valence-electron chi connectivity index (χ4n) is 2.19. The number of nitrogens with two attached hydrogens (primary N) is 1. The van der Waals surface area contributed by atoms with E-state index in [-0.39, 0.29) is 0 Å². The molecule has 0 aromatic carbocycles. The molecule has 0 spiro atoms. The van der Waals surface area contributed by atoms with Gasteiger partial charge in [-0.05, 0) is 30.4 Å². The van der Waals surface area contributed by atoms with Gasteiger partial charge in [-0.2, -0.15) is 16.9 Å².